The van der Waals surface area contributed by atoms with E-state index in [0.717, 1.165) is 23.4 Å². The van der Waals surface area contributed by atoms with Crippen molar-refractivity contribution in [3.8, 4) is 11.3 Å². The maximum absolute atomic E-state index is 13.3. The van der Waals surface area contributed by atoms with Crippen LogP contribution in [0.15, 0.2) is 39.9 Å². The molecule has 154 valence electrons. The first kappa shape index (κ1) is 19.7. The molecule has 1 atom stereocenters. The molecule has 1 aromatic carbocycles. The molecule has 6 nitrogen and oxygen atoms in total. The van der Waals surface area contributed by atoms with Crippen LogP contribution >= 0.6 is 0 Å². The molecule has 0 fully saturated rings. The highest BCUT2D eigenvalue weighted by Crippen LogP contribution is 2.44. The zero-order valence-electron chi connectivity index (χ0n) is 18.0. The highest BCUT2D eigenvalue weighted by Gasteiger charge is 2.40. The number of fused-ring (bicyclic) bond motifs is 3. The predicted octanol–water partition coefficient (Wildman–Crippen LogP) is 3.56. The first-order chi connectivity index (χ1) is 13.6. The lowest BCUT2D eigenvalue weighted by Gasteiger charge is -2.39. The molecule has 3 aromatic rings. The molecular formula is C23H29N3O3. The Morgan fingerprint density at radius 1 is 1.10 bits per heavy atom. The van der Waals surface area contributed by atoms with E-state index in [2.05, 4.69) is 32.3 Å². The van der Waals surface area contributed by atoms with Crippen molar-refractivity contribution < 1.29 is 4.74 Å². The summed E-state index contributed by atoms with van der Waals surface area (Å²) in [5.41, 5.74) is 2.53. The summed E-state index contributed by atoms with van der Waals surface area (Å²) >= 11 is 0. The van der Waals surface area contributed by atoms with Crippen LogP contribution in [0.3, 0.4) is 0 Å². The van der Waals surface area contributed by atoms with Gasteiger partial charge in [-0.1, -0.05) is 44.2 Å². The molecule has 0 radical (unpaired) electrons. The highest BCUT2D eigenvalue weighted by atomic mass is 16.5. The quantitative estimate of drug-likeness (QED) is 0.681. The Morgan fingerprint density at radius 3 is 2.38 bits per heavy atom. The van der Waals surface area contributed by atoms with Crippen LogP contribution in [0.25, 0.3) is 22.2 Å². The molecule has 0 aliphatic carbocycles. The molecule has 1 unspecified atom stereocenters. The van der Waals surface area contributed by atoms with Crippen LogP contribution in [-0.2, 0) is 24.4 Å². The summed E-state index contributed by atoms with van der Waals surface area (Å²) in [4.78, 5) is 26.1. The second-order valence-corrected chi connectivity index (χ2v) is 9.11. The third-order valence-corrected chi connectivity index (χ3v) is 5.89. The van der Waals surface area contributed by atoms with Gasteiger partial charge in [-0.15, -0.1) is 0 Å². The van der Waals surface area contributed by atoms with Gasteiger partial charge in [-0.2, -0.15) is 0 Å². The summed E-state index contributed by atoms with van der Waals surface area (Å²) in [6, 6.07) is 9.97. The van der Waals surface area contributed by atoms with Gasteiger partial charge in [0.15, 0.2) is 0 Å². The summed E-state index contributed by atoms with van der Waals surface area (Å²) in [5.74, 6) is 0.420. The molecule has 6 heteroatoms. The Kier molecular flexibility index (Phi) is 4.57. The molecule has 0 amide bonds. The number of rotatable bonds is 3. The van der Waals surface area contributed by atoms with E-state index in [-0.39, 0.29) is 22.9 Å². The lowest BCUT2D eigenvalue weighted by atomic mass is 9.97. The SMILES string of the molecule is CC(C)CC1OCC(C)(C)n2c(-c3ccccc3)c3c(=O)n(C)c(=O)n(C)c3c21. The van der Waals surface area contributed by atoms with Crippen LogP contribution in [0.2, 0.25) is 0 Å². The normalized spacial score (nSPS) is 18.4. The lowest BCUT2D eigenvalue weighted by molar-refractivity contribution is -0.0367. The number of aryl methyl sites for hydroxylation is 1. The number of hydrogen-bond donors (Lipinski definition) is 0. The topological polar surface area (TPSA) is 58.2 Å². The van der Waals surface area contributed by atoms with E-state index in [1.54, 1.807) is 18.7 Å². The van der Waals surface area contributed by atoms with Crippen molar-refractivity contribution in [3.05, 3.63) is 56.9 Å². The number of hydrogen-bond acceptors (Lipinski definition) is 3. The van der Waals surface area contributed by atoms with E-state index in [1.165, 1.54) is 4.57 Å². The Morgan fingerprint density at radius 2 is 1.76 bits per heavy atom. The Labute approximate surface area is 170 Å². The van der Waals surface area contributed by atoms with E-state index < -0.39 is 0 Å². The Balaban J connectivity index is 2.26. The molecule has 3 heterocycles. The van der Waals surface area contributed by atoms with Crippen LogP contribution < -0.4 is 11.2 Å². The Hall–Kier alpha value is -2.60. The van der Waals surface area contributed by atoms with Crippen LogP contribution in [0.5, 0.6) is 0 Å². The minimum Gasteiger partial charge on any atom is -0.369 e. The second-order valence-electron chi connectivity index (χ2n) is 9.11. The molecule has 0 saturated carbocycles. The molecule has 0 spiro atoms. The van der Waals surface area contributed by atoms with Gasteiger partial charge in [0.25, 0.3) is 5.56 Å². The van der Waals surface area contributed by atoms with Crippen LogP contribution in [0.1, 0.15) is 45.9 Å². The summed E-state index contributed by atoms with van der Waals surface area (Å²) in [6.07, 6.45) is 0.660. The minimum atomic E-state index is -0.353. The van der Waals surface area contributed by atoms with Crippen molar-refractivity contribution in [2.24, 2.45) is 20.0 Å². The fraction of sp³-hybridized carbons (Fsp3) is 0.478. The van der Waals surface area contributed by atoms with Gasteiger partial charge < -0.3 is 9.30 Å². The van der Waals surface area contributed by atoms with Crippen LogP contribution in [0.4, 0.5) is 0 Å². The van der Waals surface area contributed by atoms with Gasteiger partial charge in [0, 0.05) is 14.1 Å². The minimum absolute atomic E-state index is 0.166. The molecule has 1 aliphatic rings. The molecule has 0 N–H and O–H groups in total. The van der Waals surface area contributed by atoms with E-state index in [1.807, 2.05) is 30.3 Å². The highest BCUT2D eigenvalue weighted by molar-refractivity contribution is 5.96. The monoisotopic (exact) mass is 395 g/mol. The summed E-state index contributed by atoms with van der Waals surface area (Å²) in [6.45, 7) is 9.11. The van der Waals surface area contributed by atoms with Crippen molar-refractivity contribution >= 4 is 10.9 Å². The van der Waals surface area contributed by atoms with Gasteiger partial charge in [-0.05, 0) is 31.7 Å². The molecule has 4 rings (SSSR count). The maximum Gasteiger partial charge on any atom is 0.331 e. The van der Waals surface area contributed by atoms with Gasteiger partial charge in [0.2, 0.25) is 0 Å². The second kappa shape index (κ2) is 6.73. The largest absolute Gasteiger partial charge is 0.369 e. The molecular weight excluding hydrogens is 366 g/mol. The molecule has 0 bridgehead atoms. The predicted molar refractivity (Wildman–Crippen MR) is 115 cm³/mol. The maximum atomic E-state index is 13.3. The Bertz CT molecular complexity index is 1200. The van der Waals surface area contributed by atoms with Gasteiger partial charge in [0.1, 0.15) is 0 Å². The van der Waals surface area contributed by atoms with Gasteiger partial charge in [-0.3, -0.25) is 13.9 Å². The fourth-order valence-electron chi connectivity index (χ4n) is 4.55. The van der Waals surface area contributed by atoms with Crippen molar-refractivity contribution in [2.45, 2.75) is 45.8 Å². The number of ether oxygens (including phenoxy) is 1. The molecule has 1 aliphatic heterocycles. The fourth-order valence-corrected chi connectivity index (χ4v) is 4.55. The third kappa shape index (κ3) is 2.89. The van der Waals surface area contributed by atoms with Gasteiger partial charge in [-0.25, -0.2) is 4.79 Å². The van der Waals surface area contributed by atoms with E-state index in [4.69, 9.17) is 4.74 Å². The van der Waals surface area contributed by atoms with Gasteiger partial charge >= 0.3 is 5.69 Å². The first-order valence-electron chi connectivity index (χ1n) is 10.2. The van der Waals surface area contributed by atoms with Crippen molar-refractivity contribution in [1.29, 1.82) is 0 Å². The molecule has 2 aromatic heterocycles. The molecule has 29 heavy (non-hydrogen) atoms. The van der Waals surface area contributed by atoms with Crippen molar-refractivity contribution in [2.75, 3.05) is 6.61 Å². The van der Waals surface area contributed by atoms with Crippen LogP contribution in [-0.4, -0.2) is 20.3 Å². The average Bonchev–Trinajstić information content (AvgIpc) is 3.05. The average molecular weight is 396 g/mol. The number of nitrogens with zero attached hydrogens (tertiary/aromatic N) is 3. The smallest absolute Gasteiger partial charge is 0.331 e. The summed E-state index contributed by atoms with van der Waals surface area (Å²) in [5, 5.41) is 0.586. The number of aromatic nitrogens is 3. The van der Waals surface area contributed by atoms with Crippen molar-refractivity contribution in [1.82, 2.24) is 13.7 Å². The molecule has 0 saturated heterocycles. The van der Waals surface area contributed by atoms with Crippen LogP contribution in [0, 0.1) is 5.92 Å². The van der Waals surface area contributed by atoms with E-state index >= 15 is 0 Å². The van der Waals surface area contributed by atoms with Crippen molar-refractivity contribution in [3.63, 3.8) is 0 Å². The number of benzene rings is 1. The zero-order chi connectivity index (χ0) is 21.1. The third-order valence-electron chi connectivity index (χ3n) is 5.89. The zero-order valence-corrected chi connectivity index (χ0v) is 18.0. The summed E-state index contributed by atoms with van der Waals surface area (Å²) in [7, 11) is 3.29. The van der Waals surface area contributed by atoms with Gasteiger partial charge in [0.05, 0.1) is 40.5 Å². The standard InChI is InChI=1S/C23H29N3O3/c1-14(2)12-16-19-20-17(21(27)25(6)22(28)24(20)5)18(15-10-8-7-9-11-15)26(19)23(3,4)13-29-16/h7-11,14,16H,12-13H2,1-6H3. The van der Waals surface area contributed by atoms with E-state index in [9.17, 15) is 9.59 Å². The summed E-state index contributed by atoms with van der Waals surface area (Å²) < 4.78 is 11.4. The lowest BCUT2D eigenvalue weighted by Crippen LogP contribution is -2.40. The van der Waals surface area contributed by atoms with E-state index in [0.29, 0.717) is 23.4 Å². The first-order valence-corrected chi connectivity index (χ1v) is 10.2.